The van der Waals surface area contributed by atoms with Crippen LogP contribution in [-0.4, -0.2) is 19.8 Å². The Morgan fingerprint density at radius 1 is 1.41 bits per heavy atom. The molecule has 0 aliphatic heterocycles. The highest BCUT2D eigenvalue weighted by molar-refractivity contribution is 9.10. The van der Waals surface area contributed by atoms with Crippen LogP contribution in [0.1, 0.15) is 31.9 Å². The van der Waals surface area contributed by atoms with Crippen molar-refractivity contribution in [2.75, 3.05) is 19.8 Å². The van der Waals surface area contributed by atoms with Crippen molar-refractivity contribution in [2.24, 2.45) is 0 Å². The van der Waals surface area contributed by atoms with Crippen molar-refractivity contribution >= 4 is 27.5 Å². The van der Waals surface area contributed by atoms with Crippen LogP contribution in [0.5, 0.6) is 0 Å². The first-order valence-corrected chi connectivity index (χ1v) is 7.12. The first-order chi connectivity index (χ1) is 8.19. The number of benzene rings is 1. The lowest BCUT2D eigenvalue weighted by Gasteiger charge is -2.19. The molecule has 1 aromatic rings. The molecule has 0 aliphatic rings. The lowest BCUT2D eigenvalue weighted by Crippen LogP contribution is -2.25. The quantitative estimate of drug-likeness (QED) is 0.761. The van der Waals surface area contributed by atoms with Crippen molar-refractivity contribution in [3.8, 4) is 0 Å². The molecule has 17 heavy (non-hydrogen) atoms. The predicted molar refractivity (Wildman–Crippen MR) is 76.7 cm³/mol. The minimum absolute atomic E-state index is 0.222. The van der Waals surface area contributed by atoms with E-state index in [0.717, 1.165) is 29.1 Å². The van der Waals surface area contributed by atoms with Gasteiger partial charge in [-0.25, -0.2) is 0 Å². The Labute approximate surface area is 117 Å². The Morgan fingerprint density at radius 2 is 2.18 bits per heavy atom. The van der Waals surface area contributed by atoms with Gasteiger partial charge in [0.2, 0.25) is 0 Å². The summed E-state index contributed by atoms with van der Waals surface area (Å²) in [6.07, 6.45) is 1.04. The first-order valence-electron chi connectivity index (χ1n) is 5.95. The second kappa shape index (κ2) is 8.09. The van der Waals surface area contributed by atoms with Gasteiger partial charge in [-0.05, 0) is 46.6 Å². The number of hydrogen-bond acceptors (Lipinski definition) is 2. The van der Waals surface area contributed by atoms with Crippen LogP contribution < -0.4 is 5.32 Å². The summed E-state index contributed by atoms with van der Waals surface area (Å²) in [7, 11) is 0. The fraction of sp³-hybridized carbons (Fsp3) is 0.538. The van der Waals surface area contributed by atoms with E-state index in [1.165, 1.54) is 5.56 Å². The Bertz CT molecular complexity index is 346. The number of nitrogens with one attached hydrogen (secondary N) is 1. The predicted octanol–water partition coefficient (Wildman–Crippen LogP) is 4.18. The van der Waals surface area contributed by atoms with Crippen LogP contribution in [0.3, 0.4) is 0 Å². The molecular formula is C13H19BrClNO. The second-order valence-electron chi connectivity index (χ2n) is 3.86. The Morgan fingerprint density at radius 3 is 2.76 bits per heavy atom. The van der Waals surface area contributed by atoms with Crippen LogP contribution >= 0.6 is 27.5 Å². The van der Waals surface area contributed by atoms with Gasteiger partial charge in [-0.2, -0.15) is 0 Å². The third-order valence-electron chi connectivity index (χ3n) is 2.43. The van der Waals surface area contributed by atoms with E-state index in [1.54, 1.807) is 0 Å². The number of likely N-dealkylation sites (N-methyl/N-ethyl adjacent to an activating group) is 1. The number of rotatable bonds is 7. The third-order valence-corrected chi connectivity index (χ3v) is 3.64. The fourth-order valence-corrected chi connectivity index (χ4v) is 2.11. The summed E-state index contributed by atoms with van der Waals surface area (Å²) < 4.78 is 6.54. The molecule has 1 atom stereocenters. The molecule has 0 heterocycles. The lowest BCUT2D eigenvalue weighted by molar-refractivity contribution is 0.112. The summed E-state index contributed by atoms with van der Waals surface area (Å²) in [5.41, 5.74) is 1.19. The molecule has 4 heteroatoms. The topological polar surface area (TPSA) is 21.3 Å². The number of halogens is 2. The summed E-state index contributed by atoms with van der Waals surface area (Å²) in [5.74, 6) is 0. The minimum atomic E-state index is 0.222. The summed E-state index contributed by atoms with van der Waals surface area (Å²) >= 11 is 9.44. The van der Waals surface area contributed by atoms with Gasteiger partial charge in [0.05, 0.1) is 17.7 Å². The molecule has 0 fully saturated rings. The molecule has 1 N–H and O–H groups in total. The maximum atomic E-state index is 5.99. The normalized spacial score (nSPS) is 12.7. The average Bonchev–Trinajstić information content (AvgIpc) is 2.32. The maximum absolute atomic E-state index is 5.99. The molecule has 0 saturated heterocycles. The number of ether oxygens (including phenoxy) is 1. The summed E-state index contributed by atoms with van der Waals surface area (Å²) in [6.45, 7) is 6.62. The summed E-state index contributed by atoms with van der Waals surface area (Å²) in [5, 5.41) is 4.15. The van der Waals surface area contributed by atoms with Crippen molar-refractivity contribution < 1.29 is 4.74 Å². The van der Waals surface area contributed by atoms with Crippen molar-refractivity contribution in [1.29, 1.82) is 0 Å². The van der Waals surface area contributed by atoms with Gasteiger partial charge in [-0.15, -0.1) is 0 Å². The van der Waals surface area contributed by atoms with E-state index in [0.29, 0.717) is 6.61 Å². The molecule has 0 aliphatic carbocycles. The summed E-state index contributed by atoms with van der Waals surface area (Å²) in [6, 6.07) is 6.21. The van der Waals surface area contributed by atoms with Crippen LogP contribution in [0.25, 0.3) is 0 Å². The van der Waals surface area contributed by atoms with Gasteiger partial charge in [0.25, 0.3) is 0 Å². The SMILES string of the molecule is CCCOCC(NCC)c1ccc(Cl)c(Br)c1. The van der Waals surface area contributed by atoms with Crippen LogP contribution in [0.2, 0.25) is 5.02 Å². The van der Waals surface area contributed by atoms with Crippen molar-refractivity contribution in [3.05, 3.63) is 33.3 Å². The molecule has 96 valence electrons. The molecule has 1 rings (SSSR count). The second-order valence-corrected chi connectivity index (χ2v) is 5.12. The highest BCUT2D eigenvalue weighted by Crippen LogP contribution is 2.26. The first kappa shape index (κ1) is 15.0. The van der Waals surface area contributed by atoms with Gasteiger partial charge in [0.15, 0.2) is 0 Å². The molecule has 1 unspecified atom stereocenters. The van der Waals surface area contributed by atoms with E-state index in [9.17, 15) is 0 Å². The lowest BCUT2D eigenvalue weighted by atomic mass is 10.1. The standard InChI is InChI=1S/C13H19BrClNO/c1-3-7-17-9-13(16-4-2)10-5-6-12(15)11(14)8-10/h5-6,8,13,16H,3-4,7,9H2,1-2H3. The molecular weight excluding hydrogens is 302 g/mol. The Hall–Kier alpha value is -0.0900. The van der Waals surface area contributed by atoms with E-state index in [2.05, 4.69) is 35.1 Å². The van der Waals surface area contributed by atoms with E-state index in [-0.39, 0.29) is 6.04 Å². The van der Waals surface area contributed by atoms with Crippen LogP contribution in [0.15, 0.2) is 22.7 Å². The third kappa shape index (κ3) is 4.96. The molecule has 1 aromatic carbocycles. The smallest absolute Gasteiger partial charge is 0.0661 e. The molecule has 0 bridgehead atoms. The highest BCUT2D eigenvalue weighted by Gasteiger charge is 2.11. The van der Waals surface area contributed by atoms with E-state index < -0.39 is 0 Å². The van der Waals surface area contributed by atoms with Crippen LogP contribution in [0.4, 0.5) is 0 Å². The van der Waals surface area contributed by atoms with Gasteiger partial charge in [0, 0.05) is 11.1 Å². The molecule has 2 nitrogen and oxygen atoms in total. The zero-order chi connectivity index (χ0) is 12.7. The zero-order valence-electron chi connectivity index (χ0n) is 10.3. The Kier molecular flexibility index (Phi) is 7.12. The molecule has 0 spiro atoms. The van der Waals surface area contributed by atoms with Crippen LogP contribution in [0, 0.1) is 0 Å². The average molecular weight is 321 g/mol. The Balaban J connectivity index is 2.70. The van der Waals surface area contributed by atoms with Gasteiger partial charge >= 0.3 is 0 Å². The van der Waals surface area contributed by atoms with Crippen molar-refractivity contribution in [2.45, 2.75) is 26.3 Å². The molecule has 0 aromatic heterocycles. The van der Waals surface area contributed by atoms with Gasteiger partial charge in [-0.1, -0.05) is 31.5 Å². The van der Waals surface area contributed by atoms with E-state index in [4.69, 9.17) is 16.3 Å². The fourth-order valence-electron chi connectivity index (χ4n) is 1.59. The zero-order valence-corrected chi connectivity index (χ0v) is 12.6. The van der Waals surface area contributed by atoms with Crippen LogP contribution in [-0.2, 0) is 4.74 Å². The molecule has 0 saturated carbocycles. The van der Waals surface area contributed by atoms with Gasteiger partial charge < -0.3 is 10.1 Å². The van der Waals surface area contributed by atoms with Crippen molar-refractivity contribution in [1.82, 2.24) is 5.32 Å². The number of hydrogen-bond donors (Lipinski definition) is 1. The van der Waals surface area contributed by atoms with Gasteiger partial charge in [0.1, 0.15) is 0 Å². The molecule has 0 amide bonds. The monoisotopic (exact) mass is 319 g/mol. The van der Waals surface area contributed by atoms with E-state index >= 15 is 0 Å². The maximum Gasteiger partial charge on any atom is 0.0661 e. The molecule has 0 radical (unpaired) electrons. The summed E-state index contributed by atoms with van der Waals surface area (Å²) in [4.78, 5) is 0. The minimum Gasteiger partial charge on any atom is -0.379 e. The van der Waals surface area contributed by atoms with Crippen molar-refractivity contribution in [3.63, 3.8) is 0 Å². The largest absolute Gasteiger partial charge is 0.379 e. The van der Waals surface area contributed by atoms with E-state index in [1.807, 2.05) is 18.2 Å². The highest BCUT2D eigenvalue weighted by atomic mass is 79.9. The van der Waals surface area contributed by atoms with Gasteiger partial charge in [-0.3, -0.25) is 0 Å².